The zero-order valence-electron chi connectivity index (χ0n) is 18.9. The van der Waals surface area contributed by atoms with Crippen molar-refractivity contribution >= 4 is 22.5 Å². The van der Waals surface area contributed by atoms with Crippen LogP contribution in [0.5, 0.6) is 17.2 Å². The number of hydrogen-bond acceptors (Lipinski definition) is 7. The van der Waals surface area contributed by atoms with Crippen LogP contribution in [0.2, 0.25) is 0 Å². The van der Waals surface area contributed by atoms with E-state index in [-0.39, 0.29) is 18.0 Å². The molecule has 0 bridgehead atoms. The van der Waals surface area contributed by atoms with Crippen LogP contribution in [0.15, 0.2) is 47.5 Å². The highest BCUT2D eigenvalue weighted by Gasteiger charge is 2.13. The monoisotopic (exact) mass is 452 g/mol. The molecule has 0 aliphatic carbocycles. The third-order valence-corrected chi connectivity index (χ3v) is 5.66. The zero-order chi connectivity index (χ0) is 23.2. The minimum Gasteiger partial charge on any atom is -0.493 e. The minimum absolute atomic E-state index is 0.162. The summed E-state index contributed by atoms with van der Waals surface area (Å²) in [6, 6.07) is 10.4. The van der Waals surface area contributed by atoms with Crippen LogP contribution < -0.4 is 25.1 Å². The lowest BCUT2D eigenvalue weighted by Gasteiger charge is -2.15. The van der Waals surface area contributed by atoms with Crippen molar-refractivity contribution in [3.63, 3.8) is 0 Å². The van der Waals surface area contributed by atoms with Gasteiger partial charge in [-0.2, -0.15) is 0 Å². The van der Waals surface area contributed by atoms with E-state index in [9.17, 15) is 9.59 Å². The standard InChI is InChI=1S/C24H28N4O5/c1-31-21-13-19-20(14-22(21)32-2)25-16-28(24(19)30)15-23(29)26-17-5-7-18(8-6-17)33-12-11-27-9-3-4-10-27/h5-8,13-14,16H,3-4,9-12,15H2,1-2H3,(H,26,29). The van der Waals surface area contributed by atoms with Crippen LogP contribution in [0.4, 0.5) is 5.69 Å². The minimum atomic E-state index is -0.335. The molecule has 1 saturated heterocycles. The third-order valence-electron chi connectivity index (χ3n) is 5.66. The number of carbonyl (C=O) groups excluding carboxylic acids is 1. The maximum Gasteiger partial charge on any atom is 0.261 e. The Labute approximate surface area is 191 Å². The number of hydrogen-bond donors (Lipinski definition) is 1. The summed E-state index contributed by atoms with van der Waals surface area (Å²) in [5, 5.41) is 3.15. The van der Waals surface area contributed by atoms with Gasteiger partial charge in [-0.15, -0.1) is 0 Å². The number of methoxy groups -OCH3 is 2. The molecule has 4 rings (SSSR count). The number of likely N-dealkylation sites (tertiary alicyclic amines) is 1. The summed E-state index contributed by atoms with van der Waals surface area (Å²) in [5.41, 5.74) is 0.757. The lowest BCUT2D eigenvalue weighted by atomic mass is 10.2. The van der Waals surface area contributed by atoms with Gasteiger partial charge in [0, 0.05) is 18.3 Å². The average Bonchev–Trinajstić information content (AvgIpc) is 3.35. The molecule has 0 unspecified atom stereocenters. The van der Waals surface area contributed by atoms with Gasteiger partial charge < -0.3 is 19.5 Å². The number of nitrogens with zero attached hydrogens (tertiary/aromatic N) is 3. The Kier molecular flexibility index (Phi) is 7.09. The Balaban J connectivity index is 1.37. The Hall–Kier alpha value is -3.59. The molecule has 0 spiro atoms. The molecule has 1 fully saturated rings. The van der Waals surface area contributed by atoms with Crippen molar-refractivity contribution in [3.05, 3.63) is 53.1 Å². The molecule has 1 aromatic heterocycles. The molecule has 2 aromatic carbocycles. The lowest BCUT2D eigenvalue weighted by Crippen LogP contribution is -2.28. The normalized spacial score (nSPS) is 13.8. The maximum atomic E-state index is 12.9. The molecule has 1 aliphatic heterocycles. The number of rotatable bonds is 9. The van der Waals surface area contributed by atoms with E-state index in [1.165, 1.54) is 38.0 Å². The summed E-state index contributed by atoms with van der Waals surface area (Å²) in [6.45, 7) is 3.69. The van der Waals surface area contributed by atoms with Crippen molar-refractivity contribution in [2.24, 2.45) is 0 Å². The van der Waals surface area contributed by atoms with Gasteiger partial charge in [-0.25, -0.2) is 4.98 Å². The third kappa shape index (κ3) is 5.43. The number of anilines is 1. The molecule has 0 saturated carbocycles. The first-order chi connectivity index (χ1) is 16.1. The quantitative estimate of drug-likeness (QED) is 0.533. The van der Waals surface area contributed by atoms with E-state index >= 15 is 0 Å². The van der Waals surface area contributed by atoms with Gasteiger partial charge in [0.1, 0.15) is 18.9 Å². The second-order valence-electron chi connectivity index (χ2n) is 7.87. The molecule has 174 valence electrons. The van der Waals surface area contributed by atoms with Crippen LogP contribution in [0, 0.1) is 0 Å². The summed E-state index contributed by atoms with van der Waals surface area (Å²) in [6.07, 6.45) is 3.88. The highest BCUT2D eigenvalue weighted by Crippen LogP contribution is 2.29. The van der Waals surface area contributed by atoms with Crippen molar-refractivity contribution in [2.45, 2.75) is 19.4 Å². The van der Waals surface area contributed by atoms with Crippen molar-refractivity contribution < 1.29 is 19.0 Å². The highest BCUT2D eigenvalue weighted by molar-refractivity contribution is 5.91. The van der Waals surface area contributed by atoms with Gasteiger partial charge in [-0.3, -0.25) is 19.1 Å². The topological polar surface area (TPSA) is 94.9 Å². The smallest absolute Gasteiger partial charge is 0.261 e. The number of nitrogens with one attached hydrogen (secondary N) is 1. The van der Waals surface area contributed by atoms with Crippen LogP contribution in [0.1, 0.15) is 12.8 Å². The predicted molar refractivity (Wildman–Crippen MR) is 125 cm³/mol. The first-order valence-electron chi connectivity index (χ1n) is 10.9. The number of amides is 1. The summed E-state index contributed by atoms with van der Waals surface area (Å²) in [7, 11) is 3.01. The first kappa shape index (κ1) is 22.6. The molecular formula is C24H28N4O5. The van der Waals surface area contributed by atoms with E-state index in [2.05, 4.69) is 15.2 Å². The van der Waals surface area contributed by atoms with Gasteiger partial charge in [0.05, 0.1) is 31.4 Å². The average molecular weight is 453 g/mol. The van der Waals surface area contributed by atoms with Gasteiger partial charge in [0.15, 0.2) is 11.5 Å². The van der Waals surface area contributed by atoms with Crippen LogP contribution >= 0.6 is 0 Å². The van der Waals surface area contributed by atoms with Gasteiger partial charge in [-0.05, 0) is 56.3 Å². The largest absolute Gasteiger partial charge is 0.493 e. The zero-order valence-corrected chi connectivity index (χ0v) is 18.9. The first-order valence-corrected chi connectivity index (χ1v) is 10.9. The van der Waals surface area contributed by atoms with Crippen LogP contribution in [0.3, 0.4) is 0 Å². The van der Waals surface area contributed by atoms with Gasteiger partial charge in [0.2, 0.25) is 5.91 Å². The van der Waals surface area contributed by atoms with Crippen molar-refractivity contribution in [1.29, 1.82) is 0 Å². The SMILES string of the molecule is COc1cc2ncn(CC(=O)Nc3ccc(OCCN4CCCC4)cc3)c(=O)c2cc1OC. The molecule has 0 radical (unpaired) electrons. The molecule has 1 aliphatic rings. The van der Waals surface area contributed by atoms with E-state index in [0.717, 1.165) is 25.4 Å². The van der Waals surface area contributed by atoms with E-state index < -0.39 is 0 Å². The molecule has 2 heterocycles. The van der Waals surface area contributed by atoms with Crippen LogP contribution in [0.25, 0.3) is 10.9 Å². The van der Waals surface area contributed by atoms with Gasteiger partial charge >= 0.3 is 0 Å². The molecule has 3 aromatic rings. The molecular weight excluding hydrogens is 424 g/mol. The van der Waals surface area contributed by atoms with Gasteiger partial charge in [-0.1, -0.05) is 0 Å². The number of aromatic nitrogens is 2. The molecule has 33 heavy (non-hydrogen) atoms. The Morgan fingerprint density at radius 1 is 1.06 bits per heavy atom. The van der Waals surface area contributed by atoms with Crippen LogP contribution in [-0.4, -0.2) is 60.8 Å². The molecule has 0 atom stereocenters. The van der Waals surface area contributed by atoms with Crippen molar-refractivity contribution in [2.75, 3.05) is 45.8 Å². The molecule has 1 N–H and O–H groups in total. The van der Waals surface area contributed by atoms with E-state index in [4.69, 9.17) is 14.2 Å². The van der Waals surface area contributed by atoms with Gasteiger partial charge in [0.25, 0.3) is 5.56 Å². The molecule has 9 heteroatoms. The van der Waals surface area contributed by atoms with Crippen molar-refractivity contribution in [1.82, 2.24) is 14.5 Å². The highest BCUT2D eigenvalue weighted by atomic mass is 16.5. The lowest BCUT2D eigenvalue weighted by molar-refractivity contribution is -0.116. The molecule has 9 nitrogen and oxygen atoms in total. The maximum absolute atomic E-state index is 12.9. The Morgan fingerprint density at radius 2 is 1.76 bits per heavy atom. The molecule has 1 amide bonds. The Bertz CT molecular complexity index is 1170. The van der Waals surface area contributed by atoms with E-state index in [1.54, 1.807) is 24.3 Å². The Morgan fingerprint density at radius 3 is 2.45 bits per heavy atom. The predicted octanol–water partition coefficient (Wildman–Crippen LogP) is 2.53. The number of fused-ring (bicyclic) bond motifs is 1. The fraction of sp³-hybridized carbons (Fsp3) is 0.375. The van der Waals surface area contributed by atoms with Crippen molar-refractivity contribution in [3.8, 4) is 17.2 Å². The summed E-state index contributed by atoms with van der Waals surface area (Å²) in [5.74, 6) is 1.33. The summed E-state index contributed by atoms with van der Waals surface area (Å²) >= 11 is 0. The fourth-order valence-corrected chi connectivity index (χ4v) is 3.89. The number of benzene rings is 2. The number of carbonyl (C=O) groups is 1. The summed E-state index contributed by atoms with van der Waals surface area (Å²) < 4.78 is 17.6. The second kappa shape index (κ2) is 10.4. The van der Waals surface area contributed by atoms with E-state index in [1.807, 2.05) is 12.1 Å². The van der Waals surface area contributed by atoms with E-state index in [0.29, 0.717) is 34.7 Å². The second-order valence-corrected chi connectivity index (χ2v) is 7.87. The number of ether oxygens (including phenoxy) is 3. The fourth-order valence-electron chi connectivity index (χ4n) is 3.89. The van der Waals surface area contributed by atoms with Crippen LogP contribution in [-0.2, 0) is 11.3 Å². The summed E-state index contributed by atoms with van der Waals surface area (Å²) in [4.78, 5) is 32.0.